The van der Waals surface area contributed by atoms with Crippen LogP contribution in [0, 0.1) is 11.6 Å². The summed E-state index contributed by atoms with van der Waals surface area (Å²) in [7, 11) is 1.83. The van der Waals surface area contributed by atoms with Crippen LogP contribution in [0.5, 0.6) is 5.75 Å². The highest BCUT2D eigenvalue weighted by atomic mass is 19.2. The summed E-state index contributed by atoms with van der Waals surface area (Å²) in [6.07, 6.45) is 4.08. The maximum atomic E-state index is 13.4. The number of nitrogens with one attached hydrogen (secondary N) is 1. The van der Waals surface area contributed by atoms with Gasteiger partial charge < -0.3 is 10.1 Å². The lowest BCUT2D eigenvalue weighted by Crippen LogP contribution is -2.21. The second-order valence-electron chi connectivity index (χ2n) is 3.63. The maximum Gasteiger partial charge on any atom is 0.200 e. The van der Waals surface area contributed by atoms with E-state index in [0.717, 1.165) is 12.6 Å². The van der Waals surface area contributed by atoms with Crippen molar-refractivity contribution in [1.29, 1.82) is 0 Å². The fourth-order valence-electron chi connectivity index (χ4n) is 1.43. The zero-order chi connectivity index (χ0) is 12.7. The molecule has 0 amide bonds. The summed E-state index contributed by atoms with van der Waals surface area (Å²) >= 11 is 0. The van der Waals surface area contributed by atoms with Crippen molar-refractivity contribution in [2.24, 2.45) is 0 Å². The first-order valence-electron chi connectivity index (χ1n) is 5.57. The van der Waals surface area contributed by atoms with Crippen molar-refractivity contribution in [2.45, 2.75) is 19.4 Å². The van der Waals surface area contributed by atoms with Gasteiger partial charge in [-0.05, 0) is 38.7 Å². The van der Waals surface area contributed by atoms with Crippen LogP contribution in [0.4, 0.5) is 8.78 Å². The Hall–Kier alpha value is -1.42. The predicted molar refractivity (Wildman–Crippen MR) is 64.1 cm³/mol. The van der Waals surface area contributed by atoms with E-state index in [2.05, 4.69) is 5.32 Å². The Morgan fingerprint density at radius 3 is 2.82 bits per heavy atom. The van der Waals surface area contributed by atoms with Gasteiger partial charge in [-0.1, -0.05) is 12.1 Å². The van der Waals surface area contributed by atoms with Crippen LogP contribution in [0.3, 0.4) is 0 Å². The largest absolute Gasteiger partial charge is 0.483 e. The van der Waals surface area contributed by atoms with Gasteiger partial charge in [-0.15, -0.1) is 0 Å². The van der Waals surface area contributed by atoms with Crippen LogP contribution in [0.2, 0.25) is 0 Å². The first-order chi connectivity index (χ1) is 8.19. The normalized spacial score (nSPS) is 12.9. The van der Waals surface area contributed by atoms with E-state index in [4.69, 9.17) is 4.74 Å². The van der Waals surface area contributed by atoms with Crippen molar-refractivity contribution in [3.8, 4) is 5.75 Å². The maximum absolute atomic E-state index is 13.4. The van der Waals surface area contributed by atoms with Crippen LogP contribution in [-0.4, -0.2) is 19.7 Å². The van der Waals surface area contributed by atoms with Gasteiger partial charge in [0.25, 0.3) is 0 Å². The molecule has 94 valence electrons. The molecular weight excluding hydrogens is 224 g/mol. The predicted octanol–water partition coefficient (Wildman–Crippen LogP) is 2.90. The Labute approximate surface area is 100 Å². The van der Waals surface area contributed by atoms with Gasteiger partial charge in [0, 0.05) is 6.42 Å². The number of hydrogen-bond acceptors (Lipinski definition) is 2. The molecule has 2 nitrogen and oxygen atoms in total. The third kappa shape index (κ3) is 4.15. The summed E-state index contributed by atoms with van der Waals surface area (Å²) in [6.45, 7) is 2.60. The molecule has 0 spiro atoms. The number of rotatable bonds is 6. The molecule has 17 heavy (non-hydrogen) atoms. The van der Waals surface area contributed by atoms with Gasteiger partial charge in [-0.3, -0.25) is 0 Å². The molecule has 4 heteroatoms. The Bertz CT molecular complexity index is 380. The Morgan fingerprint density at radius 1 is 1.41 bits per heavy atom. The van der Waals surface area contributed by atoms with Crippen LogP contribution in [-0.2, 0) is 0 Å². The van der Waals surface area contributed by atoms with Crippen molar-refractivity contribution in [1.82, 2.24) is 5.32 Å². The minimum atomic E-state index is -0.938. The summed E-state index contributed by atoms with van der Waals surface area (Å²) < 4.78 is 31.8. The third-order valence-electron chi connectivity index (χ3n) is 2.28. The van der Waals surface area contributed by atoms with E-state index in [1.165, 1.54) is 12.1 Å². The average Bonchev–Trinajstić information content (AvgIpc) is 2.32. The van der Waals surface area contributed by atoms with Crippen LogP contribution in [0.1, 0.15) is 13.3 Å². The topological polar surface area (TPSA) is 21.3 Å². The molecule has 0 aliphatic carbocycles. The highest BCUT2D eigenvalue weighted by Crippen LogP contribution is 2.21. The van der Waals surface area contributed by atoms with Crippen molar-refractivity contribution >= 4 is 0 Å². The van der Waals surface area contributed by atoms with Gasteiger partial charge in [-0.2, -0.15) is 4.39 Å². The van der Waals surface area contributed by atoms with Gasteiger partial charge in [0.05, 0.1) is 0 Å². The van der Waals surface area contributed by atoms with Crippen LogP contribution < -0.4 is 10.1 Å². The van der Waals surface area contributed by atoms with Crippen LogP contribution >= 0.6 is 0 Å². The minimum absolute atomic E-state index is 0.0517. The number of allylic oxidation sites excluding steroid dienone is 1. The van der Waals surface area contributed by atoms with E-state index >= 15 is 0 Å². The Kier molecular flexibility index (Phi) is 5.63. The molecule has 1 atom stereocenters. The monoisotopic (exact) mass is 241 g/mol. The summed E-state index contributed by atoms with van der Waals surface area (Å²) in [5.41, 5.74) is 0. The van der Waals surface area contributed by atoms with Crippen molar-refractivity contribution < 1.29 is 13.5 Å². The SMILES string of the molecule is CC=CC(CCNC)Oc1cccc(F)c1F. The smallest absolute Gasteiger partial charge is 0.200 e. The summed E-state index contributed by atoms with van der Waals surface area (Å²) in [5, 5.41) is 2.99. The quantitative estimate of drug-likeness (QED) is 0.773. The molecule has 1 N–H and O–H groups in total. The summed E-state index contributed by atoms with van der Waals surface area (Å²) in [4.78, 5) is 0. The molecule has 0 heterocycles. The van der Waals surface area contributed by atoms with Gasteiger partial charge >= 0.3 is 0 Å². The molecule has 1 rings (SSSR count). The summed E-state index contributed by atoms with van der Waals surface area (Å²) in [5.74, 6) is -1.88. The average molecular weight is 241 g/mol. The van der Waals surface area contributed by atoms with Gasteiger partial charge in [-0.25, -0.2) is 4.39 Å². The number of ether oxygens (including phenoxy) is 1. The van der Waals surface area contributed by atoms with Gasteiger partial charge in [0.2, 0.25) is 5.82 Å². The fourth-order valence-corrected chi connectivity index (χ4v) is 1.43. The molecule has 0 bridgehead atoms. The third-order valence-corrected chi connectivity index (χ3v) is 2.28. The van der Waals surface area contributed by atoms with E-state index in [0.29, 0.717) is 6.42 Å². The lowest BCUT2D eigenvalue weighted by atomic mass is 10.2. The summed E-state index contributed by atoms with van der Waals surface area (Å²) in [6, 6.07) is 3.92. The second kappa shape index (κ2) is 7.01. The Balaban J connectivity index is 2.74. The lowest BCUT2D eigenvalue weighted by Gasteiger charge is -2.16. The van der Waals surface area contributed by atoms with E-state index < -0.39 is 11.6 Å². The number of hydrogen-bond donors (Lipinski definition) is 1. The van der Waals surface area contributed by atoms with E-state index in [9.17, 15) is 8.78 Å². The molecule has 0 aliphatic heterocycles. The van der Waals surface area contributed by atoms with Crippen molar-refractivity contribution in [3.63, 3.8) is 0 Å². The fraction of sp³-hybridized carbons (Fsp3) is 0.385. The highest BCUT2D eigenvalue weighted by molar-refractivity contribution is 5.25. The standard InChI is InChI=1S/C13H17F2NO/c1-3-5-10(8-9-16-2)17-12-7-4-6-11(14)13(12)15/h3-7,10,16H,8-9H2,1-2H3. The Morgan fingerprint density at radius 2 is 2.18 bits per heavy atom. The van der Waals surface area contributed by atoms with Crippen LogP contribution in [0.15, 0.2) is 30.4 Å². The molecule has 0 radical (unpaired) electrons. The lowest BCUT2D eigenvalue weighted by molar-refractivity contribution is 0.224. The molecule has 1 aromatic carbocycles. The molecule has 0 aromatic heterocycles. The molecule has 0 fully saturated rings. The molecule has 0 aliphatic rings. The molecule has 0 saturated carbocycles. The van der Waals surface area contributed by atoms with E-state index in [-0.39, 0.29) is 11.9 Å². The van der Waals surface area contributed by atoms with Gasteiger partial charge in [0.1, 0.15) is 6.10 Å². The first kappa shape index (κ1) is 13.6. The first-order valence-corrected chi connectivity index (χ1v) is 5.57. The zero-order valence-electron chi connectivity index (χ0n) is 10.0. The van der Waals surface area contributed by atoms with E-state index in [1.807, 2.05) is 26.1 Å². The molecular formula is C13H17F2NO. The second-order valence-corrected chi connectivity index (χ2v) is 3.63. The van der Waals surface area contributed by atoms with Crippen molar-refractivity contribution in [3.05, 3.63) is 42.0 Å². The highest BCUT2D eigenvalue weighted by Gasteiger charge is 2.12. The minimum Gasteiger partial charge on any atom is -0.483 e. The molecule has 1 unspecified atom stereocenters. The zero-order valence-corrected chi connectivity index (χ0v) is 10.0. The molecule has 1 aromatic rings. The van der Waals surface area contributed by atoms with Crippen molar-refractivity contribution in [2.75, 3.05) is 13.6 Å². The number of halogens is 2. The number of benzene rings is 1. The van der Waals surface area contributed by atoms with E-state index in [1.54, 1.807) is 0 Å². The van der Waals surface area contributed by atoms with Crippen LogP contribution in [0.25, 0.3) is 0 Å². The van der Waals surface area contributed by atoms with Gasteiger partial charge in [0.15, 0.2) is 11.6 Å². The molecule has 0 saturated heterocycles.